The van der Waals surface area contributed by atoms with E-state index in [4.69, 9.17) is 0 Å². The fraction of sp³-hybridized carbons (Fsp3) is 0.346. The largest absolute Gasteiger partial charge is 0.390 e. The number of amides is 2. The van der Waals surface area contributed by atoms with Crippen LogP contribution in [0.15, 0.2) is 24.5 Å². The number of quaternary nitrogens is 1. The van der Waals surface area contributed by atoms with Gasteiger partial charge in [-0.3, -0.25) is 9.59 Å². The van der Waals surface area contributed by atoms with Crippen LogP contribution in [0.25, 0.3) is 11.6 Å². The number of H-pyrrole nitrogens is 1. The SMILES string of the molecule is CNC(=O)c1c(C)[nH]c(/C=C2\C(=O)Nc3ccc(CC[N+](C)(C)Cc4c([N+](=O)[O-])ncn4C)cc32)c1C. The summed E-state index contributed by atoms with van der Waals surface area (Å²) in [5, 5.41) is 16.9. The Bertz CT molecular complexity index is 1450. The molecule has 2 amide bonds. The van der Waals surface area contributed by atoms with E-state index in [9.17, 15) is 19.7 Å². The number of nitrogens with one attached hydrogen (secondary N) is 3. The number of hydrogen-bond acceptors (Lipinski definition) is 5. The zero-order valence-electron chi connectivity index (χ0n) is 21.9. The molecule has 3 N–H and O–H groups in total. The van der Waals surface area contributed by atoms with Gasteiger partial charge < -0.3 is 34.8 Å². The number of anilines is 1. The van der Waals surface area contributed by atoms with E-state index in [1.54, 1.807) is 24.7 Å². The first-order valence-corrected chi connectivity index (χ1v) is 12.0. The molecular weight excluding hydrogens is 474 g/mol. The molecule has 4 rings (SSSR count). The maximum atomic E-state index is 12.8. The highest BCUT2D eigenvalue weighted by atomic mass is 16.6. The number of rotatable bonds is 8. The predicted octanol–water partition coefficient (Wildman–Crippen LogP) is 2.94. The second-order valence-electron chi connectivity index (χ2n) is 10.1. The van der Waals surface area contributed by atoms with Crippen LogP contribution in [0.4, 0.5) is 11.5 Å². The van der Waals surface area contributed by atoms with E-state index in [0.717, 1.165) is 46.7 Å². The molecule has 0 bridgehead atoms. The lowest BCUT2D eigenvalue weighted by Gasteiger charge is -2.29. The molecule has 0 fully saturated rings. The van der Waals surface area contributed by atoms with Crippen LogP contribution in [0.3, 0.4) is 0 Å². The average molecular weight is 507 g/mol. The van der Waals surface area contributed by atoms with Gasteiger partial charge in [-0.2, -0.15) is 0 Å². The molecule has 3 aromatic rings. The van der Waals surface area contributed by atoms with Gasteiger partial charge in [0.1, 0.15) is 6.54 Å². The Kier molecular flexibility index (Phi) is 6.74. The van der Waals surface area contributed by atoms with E-state index in [1.165, 1.54) is 6.33 Å². The molecule has 3 heterocycles. The van der Waals surface area contributed by atoms with Crippen LogP contribution < -0.4 is 10.6 Å². The minimum Gasteiger partial charge on any atom is -0.358 e. The van der Waals surface area contributed by atoms with Gasteiger partial charge in [-0.05, 0) is 53.1 Å². The van der Waals surface area contributed by atoms with Gasteiger partial charge in [0.15, 0.2) is 5.69 Å². The number of nitro groups is 1. The average Bonchev–Trinajstić information content (AvgIpc) is 3.45. The molecule has 11 heteroatoms. The molecule has 1 aliphatic rings. The number of aryl methyl sites for hydroxylation is 2. The Labute approximate surface area is 214 Å². The lowest BCUT2D eigenvalue weighted by Crippen LogP contribution is -2.41. The summed E-state index contributed by atoms with van der Waals surface area (Å²) >= 11 is 0. The summed E-state index contributed by atoms with van der Waals surface area (Å²) < 4.78 is 2.22. The molecule has 0 spiro atoms. The third kappa shape index (κ3) is 5.03. The van der Waals surface area contributed by atoms with Crippen molar-refractivity contribution in [2.45, 2.75) is 26.8 Å². The van der Waals surface area contributed by atoms with Gasteiger partial charge in [0.2, 0.25) is 6.33 Å². The number of aromatic amines is 1. The molecule has 0 unspecified atom stereocenters. The van der Waals surface area contributed by atoms with Crippen molar-refractivity contribution in [3.05, 3.63) is 74.0 Å². The topological polar surface area (TPSA) is 135 Å². The van der Waals surface area contributed by atoms with Crippen LogP contribution in [0, 0.1) is 24.0 Å². The summed E-state index contributed by atoms with van der Waals surface area (Å²) in [4.78, 5) is 43.1. The van der Waals surface area contributed by atoms with Crippen LogP contribution in [0.2, 0.25) is 0 Å². The fourth-order valence-corrected chi connectivity index (χ4v) is 4.76. The fourth-order valence-electron chi connectivity index (χ4n) is 4.76. The summed E-state index contributed by atoms with van der Waals surface area (Å²) in [6, 6.07) is 5.90. The Hall–Kier alpha value is -4.25. The third-order valence-electron chi connectivity index (χ3n) is 6.88. The first-order chi connectivity index (χ1) is 17.4. The van der Waals surface area contributed by atoms with Crippen molar-refractivity contribution in [1.29, 1.82) is 0 Å². The summed E-state index contributed by atoms with van der Waals surface area (Å²) in [5.41, 5.74) is 6.54. The van der Waals surface area contributed by atoms with Crippen molar-refractivity contribution in [2.24, 2.45) is 7.05 Å². The Balaban J connectivity index is 1.57. The molecule has 0 saturated carbocycles. The quantitative estimate of drug-likeness (QED) is 0.187. The third-order valence-corrected chi connectivity index (χ3v) is 6.88. The van der Waals surface area contributed by atoms with Crippen molar-refractivity contribution in [1.82, 2.24) is 19.9 Å². The Morgan fingerprint density at radius 1 is 1.30 bits per heavy atom. The van der Waals surface area contributed by atoms with Gasteiger partial charge in [-0.1, -0.05) is 6.07 Å². The lowest BCUT2D eigenvalue weighted by atomic mass is 10.0. The molecule has 194 valence electrons. The lowest BCUT2D eigenvalue weighted by molar-refractivity contribution is -0.903. The molecule has 11 nitrogen and oxygen atoms in total. The predicted molar refractivity (Wildman–Crippen MR) is 141 cm³/mol. The van der Waals surface area contributed by atoms with Gasteiger partial charge in [-0.25, -0.2) is 0 Å². The van der Waals surface area contributed by atoms with Crippen molar-refractivity contribution < 1.29 is 19.0 Å². The number of likely N-dealkylation sites (N-methyl/N-ethyl adjacent to an activating group) is 1. The summed E-state index contributed by atoms with van der Waals surface area (Å²) in [5.74, 6) is -0.480. The van der Waals surface area contributed by atoms with Gasteiger partial charge in [0, 0.05) is 43.2 Å². The molecule has 37 heavy (non-hydrogen) atoms. The highest BCUT2D eigenvalue weighted by Gasteiger charge is 2.29. The molecule has 0 saturated heterocycles. The molecule has 1 aromatic carbocycles. The van der Waals surface area contributed by atoms with Crippen molar-refractivity contribution in [2.75, 3.05) is 33.0 Å². The minimum absolute atomic E-state index is 0.111. The second-order valence-corrected chi connectivity index (χ2v) is 10.1. The second kappa shape index (κ2) is 9.66. The van der Waals surface area contributed by atoms with Crippen LogP contribution in [-0.4, -0.2) is 63.4 Å². The summed E-state index contributed by atoms with van der Waals surface area (Å²) in [6.45, 7) is 4.88. The summed E-state index contributed by atoms with van der Waals surface area (Å²) in [7, 11) is 7.41. The van der Waals surface area contributed by atoms with E-state index in [0.29, 0.717) is 27.9 Å². The number of carbonyl (C=O) groups is 2. The first kappa shape index (κ1) is 25.8. The van der Waals surface area contributed by atoms with Crippen molar-refractivity contribution in [3.8, 4) is 0 Å². The molecule has 0 aliphatic carbocycles. The molecule has 0 atom stereocenters. The molecule has 2 aromatic heterocycles. The van der Waals surface area contributed by atoms with Crippen molar-refractivity contribution in [3.63, 3.8) is 0 Å². The normalized spacial score (nSPS) is 14.1. The molecule has 0 radical (unpaired) electrons. The van der Waals surface area contributed by atoms with E-state index >= 15 is 0 Å². The van der Waals surface area contributed by atoms with Gasteiger partial charge in [0.05, 0.1) is 31.8 Å². The van der Waals surface area contributed by atoms with Crippen LogP contribution in [0.1, 0.15) is 44.1 Å². The number of nitrogens with zero attached hydrogens (tertiary/aromatic N) is 4. The Morgan fingerprint density at radius 2 is 2.03 bits per heavy atom. The van der Waals surface area contributed by atoms with Crippen molar-refractivity contribution >= 4 is 35.0 Å². The monoisotopic (exact) mass is 506 g/mol. The van der Waals surface area contributed by atoms with E-state index in [1.807, 2.05) is 46.1 Å². The smallest absolute Gasteiger partial charge is 0.358 e. The first-order valence-electron chi connectivity index (χ1n) is 12.0. The van der Waals surface area contributed by atoms with E-state index in [-0.39, 0.29) is 17.6 Å². The van der Waals surface area contributed by atoms with E-state index in [2.05, 4.69) is 20.6 Å². The number of benzene rings is 1. The van der Waals surface area contributed by atoms with Gasteiger partial charge >= 0.3 is 5.82 Å². The van der Waals surface area contributed by atoms with E-state index < -0.39 is 4.92 Å². The summed E-state index contributed by atoms with van der Waals surface area (Å²) in [6.07, 6.45) is 3.98. The van der Waals surface area contributed by atoms with Gasteiger partial charge in [0.25, 0.3) is 11.8 Å². The van der Waals surface area contributed by atoms with Crippen LogP contribution in [-0.2, 0) is 24.8 Å². The molecular formula is C26H32N7O4+. The number of carbonyl (C=O) groups excluding carboxylic acids is 2. The zero-order valence-corrected chi connectivity index (χ0v) is 21.9. The maximum Gasteiger partial charge on any atom is 0.390 e. The number of imidazole rings is 1. The standard InChI is InChI=1S/C26H31N7O4/c1-15-21(29-16(2)23(15)26(35)27-3)12-19-18-11-17(7-8-20(18)30-25(19)34)9-10-33(5,6)13-22-24(32(36)37)28-14-31(22)4/h7-8,11-12,14H,9-10,13H2,1-6H3,(H2-,27,29,30,34,35)/p+1. The minimum atomic E-state index is -0.446. The molecule has 1 aliphatic heterocycles. The Morgan fingerprint density at radius 3 is 2.70 bits per heavy atom. The number of hydrogen-bond donors (Lipinski definition) is 3. The number of aromatic nitrogens is 3. The number of fused-ring (bicyclic) bond motifs is 1. The highest BCUT2D eigenvalue weighted by Crippen LogP contribution is 2.35. The van der Waals surface area contributed by atoms with Gasteiger partial charge in [-0.15, -0.1) is 0 Å². The zero-order chi connectivity index (χ0) is 27.1. The van der Waals surface area contributed by atoms with Crippen LogP contribution in [0.5, 0.6) is 0 Å². The highest BCUT2D eigenvalue weighted by molar-refractivity contribution is 6.35. The maximum absolute atomic E-state index is 12.8. The van der Waals surface area contributed by atoms with Crippen LogP contribution >= 0.6 is 0 Å².